The van der Waals surface area contributed by atoms with E-state index in [4.69, 9.17) is 9.79 Å². The van der Waals surface area contributed by atoms with E-state index in [-0.39, 0.29) is 19.1 Å². The van der Waals surface area contributed by atoms with Gasteiger partial charge >= 0.3 is 7.82 Å². The molecule has 0 aromatic carbocycles. The van der Waals surface area contributed by atoms with Crippen LogP contribution in [0.3, 0.4) is 0 Å². The fourth-order valence-corrected chi connectivity index (χ4v) is 2.74. The van der Waals surface area contributed by atoms with E-state index in [0.29, 0.717) is 0 Å². The van der Waals surface area contributed by atoms with Crippen LogP contribution in [0.2, 0.25) is 0 Å². The molecule has 1 atom stereocenters. The first-order valence-electron chi connectivity index (χ1n) is 5.67. The van der Waals surface area contributed by atoms with E-state index in [1.807, 2.05) is 6.07 Å². The minimum Gasteiger partial charge on any atom is -0.302 e. The van der Waals surface area contributed by atoms with E-state index in [1.165, 1.54) is 0 Å². The summed E-state index contributed by atoms with van der Waals surface area (Å²) >= 11 is 0. The summed E-state index contributed by atoms with van der Waals surface area (Å²) in [5.41, 5.74) is 0. The van der Waals surface area contributed by atoms with Gasteiger partial charge in [-0.2, -0.15) is 5.26 Å². The fraction of sp³-hybridized carbons (Fsp3) is 0.900. The predicted octanol–water partition coefficient (Wildman–Crippen LogP) is 2.76. The maximum absolute atomic E-state index is 11.5. The Balaban J connectivity index is 2.32. The lowest BCUT2D eigenvalue weighted by Gasteiger charge is -2.18. The first-order chi connectivity index (χ1) is 7.64. The molecular weight excluding hydrogens is 229 g/mol. The van der Waals surface area contributed by atoms with E-state index in [0.717, 1.165) is 38.5 Å². The van der Waals surface area contributed by atoms with Crippen molar-refractivity contribution in [3.05, 3.63) is 0 Å². The van der Waals surface area contributed by atoms with Crippen LogP contribution < -0.4 is 0 Å². The summed E-state index contributed by atoms with van der Waals surface area (Å²) in [7, 11) is -3.96. The Kier molecular flexibility index (Phi) is 6.00. The largest absolute Gasteiger partial charge is 0.472 e. The summed E-state index contributed by atoms with van der Waals surface area (Å²) in [4.78, 5) is 9.39. The molecular formula is C10H18NO4P. The van der Waals surface area contributed by atoms with Crippen LogP contribution in [0.4, 0.5) is 0 Å². The number of phosphoric ester groups is 1. The number of nitrogens with zero attached hydrogens (tertiary/aromatic N) is 1. The van der Waals surface area contributed by atoms with Crippen LogP contribution in [0.5, 0.6) is 0 Å². The summed E-state index contributed by atoms with van der Waals surface area (Å²) in [6.45, 7) is -0.0585. The topological polar surface area (TPSA) is 79.5 Å². The summed E-state index contributed by atoms with van der Waals surface area (Å²) in [6.07, 6.45) is 5.92. The summed E-state index contributed by atoms with van der Waals surface area (Å²) < 4.78 is 21.2. The molecule has 0 heterocycles. The van der Waals surface area contributed by atoms with E-state index >= 15 is 0 Å². The molecule has 1 fully saturated rings. The van der Waals surface area contributed by atoms with E-state index in [9.17, 15) is 9.46 Å². The van der Waals surface area contributed by atoms with Gasteiger partial charge in [-0.05, 0) is 12.8 Å². The lowest BCUT2D eigenvalue weighted by Crippen LogP contribution is -2.11. The van der Waals surface area contributed by atoms with Gasteiger partial charge in [0.05, 0.1) is 25.2 Å². The zero-order valence-corrected chi connectivity index (χ0v) is 10.2. The minimum absolute atomic E-state index is 0.0585. The van der Waals surface area contributed by atoms with Gasteiger partial charge in [-0.25, -0.2) is 4.57 Å². The molecule has 0 saturated heterocycles. The fourth-order valence-electron chi connectivity index (χ4n) is 1.77. The highest BCUT2D eigenvalue weighted by atomic mass is 31.2. The van der Waals surface area contributed by atoms with Gasteiger partial charge in [0.15, 0.2) is 0 Å². The Bertz CT molecular complexity index is 281. The van der Waals surface area contributed by atoms with Crippen molar-refractivity contribution in [2.45, 2.75) is 51.0 Å². The van der Waals surface area contributed by atoms with Crippen molar-refractivity contribution in [3.8, 4) is 6.07 Å². The molecule has 1 aliphatic carbocycles. The van der Waals surface area contributed by atoms with Gasteiger partial charge in [0.25, 0.3) is 0 Å². The van der Waals surface area contributed by atoms with Crippen molar-refractivity contribution in [1.29, 1.82) is 5.26 Å². The van der Waals surface area contributed by atoms with Gasteiger partial charge in [0.2, 0.25) is 0 Å². The maximum Gasteiger partial charge on any atom is 0.472 e. The third kappa shape index (κ3) is 5.62. The molecule has 0 aliphatic heterocycles. The monoisotopic (exact) mass is 247 g/mol. The van der Waals surface area contributed by atoms with Gasteiger partial charge in [0.1, 0.15) is 0 Å². The minimum atomic E-state index is -3.96. The van der Waals surface area contributed by atoms with Gasteiger partial charge < -0.3 is 4.89 Å². The first-order valence-corrected chi connectivity index (χ1v) is 7.16. The van der Waals surface area contributed by atoms with Gasteiger partial charge in [-0.1, -0.05) is 25.7 Å². The lowest BCUT2D eigenvalue weighted by molar-refractivity contribution is 0.0969. The highest BCUT2D eigenvalue weighted by Crippen LogP contribution is 2.46. The smallest absolute Gasteiger partial charge is 0.302 e. The number of rotatable bonds is 5. The van der Waals surface area contributed by atoms with Crippen molar-refractivity contribution < 1.29 is 18.5 Å². The average Bonchev–Trinajstić information content (AvgIpc) is 2.46. The number of hydrogen-bond donors (Lipinski definition) is 1. The summed E-state index contributed by atoms with van der Waals surface area (Å²) in [5.74, 6) is 0. The Morgan fingerprint density at radius 2 is 1.94 bits per heavy atom. The molecule has 1 rings (SSSR count). The lowest BCUT2D eigenvalue weighted by atomic mass is 10.2. The zero-order valence-electron chi connectivity index (χ0n) is 9.30. The molecule has 0 amide bonds. The Morgan fingerprint density at radius 1 is 1.31 bits per heavy atom. The van der Waals surface area contributed by atoms with Gasteiger partial charge in [-0.15, -0.1) is 0 Å². The number of phosphoric acid groups is 1. The van der Waals surface area contributed by atoms with Gasteiger partial charge in [0, 0.05) is 0 Å². The molecule has 1 aliphatic rings. The number of hydrogen-bond acceptors (Lipinski definition) is 4. The normalized spacial score (nSPS) is 22.0. The van der Waals surface area contributed by atoms with E-state index in [2.05, 4.69) is 4.52 Å². The second-order valence-electron chi connectivity index (χ2n) is 3.93. The molecule has 1 saturated carbocycles. The third-order valence-corrected chi connectivity index (χ3v) is 3.63. The van der Waals surface area contributed by atoms with Crippen LogP contribution in [0, 0.1) is 11.3 Å². The quantitative estimate of drug-likeness (QED) is 0.459. The summed E-state index contributed by atoms with van der Waals surface area (Å²) in [6, 6.07) is 1.84. The van der Waals surface area contributed by atoms with Crippen LogP contribution in [0.25, 0.3) is 0 Å². The Hall–Kier alpha value is -0.400. The summed E-state index contributed by atoms with van der Waals surface area (Å²) in [5, 5.41) is 8.28. The van der Waals surface area contributed by atoms with Crippen LogP contribution in [0.1, 0.15) is 44.9 Å². The Morgan fingerprint density at radius 3 is 2.50 bits per heavy atom. The van der Waals surface area contributed by atoms with Crippen molar-refractivity contribution in [2.75, 3.05) is 6.61 Å². The highest BCUT2D eigenvalue weighted by Gasteiger charge is 2.26. The molecule has 0 aromatic heterocycles. The first kappa shape index (κ1) is 13.7. The Labute approximate surface area is 96.0 Å². The van der Waals surface area contributed by atoms with Crippen molar-refractivity contribution in [3.63, 3.8) is 0 Å². The zero-order chi connectivity index (χ0) is 11.9. The van der Waals surface area contributed by atoms with Crippen molar-refractivity contribution in [1.82, 2.24) is 0 Å². The second kappa shape index (κ2) is 7.03. The third-order valence-electron chi connectivity index (χ3n) is 2.55. The molecule has 16 heavy (non-hydrogen) atoms. The molecule has 1 N–H and O–H groups in total. The molecule has 0 spiro atoms. The maximum atomic E-state index is 11.5. The SMILES string of the molecule is N#CCCOP(=O)(O)OC1CCCCCC1. The van der Waals surface area contributed by atoms with Crippen LogP contribution >= 0.6 is 7.82 Å². The van der Waals surface area contributed by atoms with Crippen molar-refractivity contribution in [2.24, 2.45) is 0 Å². The average molecular weight is 247 g/mol. The molecule has 6 heteroatoms. The van der Waals surface area contributed by atoms with Crippen LogP contribution in [-0.4, -0.2) is 17.6 Å². The molecule has 0 aromatic rings. The standard InChI is InChI=1S/C10H18NO4P/c11-8-5-9-14-16(12,13)15-10-6-3-1-2-4-7-10/h10H,1-7,9H2,(H,12,13). The highest BCUT2D eigenvalue weighted by molar-refractivity contribution is 7.47. The molecule has 0 radical (unpaired) electrons. The second-order valence-corrected chi connectivity index (χ2v) is 5.34. The predicted molar refractivity (Wildman–Crippen MR) is 58.6 cm³/mol. The number of nitriles is 1. The van der Waals surface area contributed by atoms with E-state index < -0.39 is 7.82 Å². The van der Waals surface area contributed by atoms with Gasteiger partial charge in [-0.3, -0.25) is 9.05 Å². The van der Waals surface area contributed by atoms with Crippen LogP contribution in [-0.2, 0) is 13.6 Å². The molecule has 1 unspecified atom stereocenters. The molecule has 92 valence electrons. The van der Waals surface area contributed by atoms with E-state index in [1.54, 1.807) is 0 Å². The van der Waals surface area contributed by atoms with Crippen LogP contribution in [0.15, 0.2) is 0 Å². The van der Waals surface area contributed by atoms with Crippen molar-refractivity contribution >= 4 is 7.82 Å². The molecule has 0 bridgehead atoms. The molecule has 5 nitrogen and oxygen atoms in total.